The Bertz CT molecular complexity index is 164. The second-order valence-corrected chi connectivity index (χ2v) is 3.86. The van der Waals surface area contributed by atoms with Gasteiger partial charge in [0.05, 0.1) is 6.10 Å². The average Bonchev–Trinajstić information content (AvgIpc) is 2.86. The fourth-order valence-corrected chi connectivity index (χ4v) is 1.61. The monoisotopic (exact) mass is 166 g/mol. The fourth-order valence-electron chi connectivity index (χ4n) is 1.61. The van der Waals surface area contributed by atoms with Crippen LogP contribution in [0, 0.1) is 24.2 Å². The number of terminal acetylenes is 1. The van der Waals surface area contributed by atoms with Crippen molar-refractivity contribution in [3.8, 4) is 12.3 Å². The van der Waals surface area contributed by atoms with Crippen LogP contribution in [0.15, 0.2) is 0 Å². The molecule has 1 aliphatic carbocycles. The number of aliphatic hydroxyl groups excluding tert-OH is 1. The van der Waals surface area contributed by atoms with E-state index in [1.54, 1.807) is 0 Å². The summed E-state index contributed by atoms with van der Waals surface area (Å²) in [5.74, 6) is 3.88. The average molecular weight is 166 g/mol. The van der Waals surface area contributed by atoms with Crippen molar-refractivity contribution in [1.82, 2.24) is 0 Å². The van der Waals surface area contributed by atoms with Crippen LogP contribution in [0.1, 0.15) is 39.0 Å². The van der Waals surface area contributed by atoms with Crippen molar-refractivity contribution in [2.75, 3.05) is 0 Å². The van der Waals surface area contributed by atoms with E-state index < -0.39 is 0 Å². The van der Waals surface area contributed by atoms with Gasteiger partial charge < -0.3 is 5.11 Å². The van der Waals surface area contributed by atoms with E-state index in [0.717, 1.165) is 25.2 Å². The van der Waals surface area contributed by atoms with Gasteiger partial charge >= 0.3 is 0 Å². The van der Waals surface area contributed by atoms with Crippen molar-refractivity contribution in [2.24, 2.45) is 11.8 Å². The highest BCUT2D eigenvalue weighted by atomic mass is 16.3. The lowest BCUT2D eigenvalue weighted by Gasteiger charge is -2.17. The Kier molecular flexibility index (Phi) is 3.62. The van der Waals surface area contributed by atoms with Gasteiger partial charge in [-0.1, -0.05) is 6.92 Å². The van der Waals surface area contributed by atoms with Gasteiger partial charge in [0.15, 0.2) is 0 Å². The molecule has 0 aliphatic heterocycles. The molecule has 0 spiro atoms. The number of hydrogen-bond acceptors (Lipinski definition) is 1. The van der Waals surface area contributed by atoms with Crippen LogP contribution in [0.4, 0.5) is 0 Å². The van der Waals surface area contributed by atoms with Gasteiger partial charge in [-0.2, -0.15) is 0 Å². The van der Waals surface area contributed by atoms with Gasteiger partial charge in [0.2, 0.25) is 0 Å². The maximum Gasteiger partial charge on any atom is 0.0568 e. The topological polar surface area (TPSA) is 20.2 Å². The molecule has 2 unspecified atom stereocenters. The molecule has 1 saturated carbocycles. The molecule has 1 N–H and O–H groups in total. The number of aliphatic hydroxyl groups is 1. The fraction of sp³-hybridized carbons (Fsp3) is 0.818. The molecule has 2 atom stereocenters. The number of unbranched alkanes of at least 4 members (excludes halogenated alkanes) is 1. The highest BCUT2D eigenvalue weighted by Crippen LogP contribution is 2.38. The normalized spacial score (nSPS) is 21.4. The third-order valence-corrected chi connectivity index (χ3v) is 2.79. The lowest BCUT2D eigenvalue weighted by Crippen LogP contribution is -2.18. The lowest BCUT2D eigenvalue weighted by atomic mass is 9.95. The molecule has 1 heteroatoms. The van der Waals surface area contributed by atoms with Crippen molar-refractivity contribution < 1.29 is 5.11 Å². The van der Waals surface area contributed by atoms with Crippen LogP contribution in [0.2, 0.25) is 0 Å². The van der Waals surface area contributed by atoms with Crippen molar-refractivity contribution in [3.63, 3.8) is 0 Å². The summed E-state index contributed by atoms with van der Waals surface area (Å²) in [7, 11) is 0. The SMILES string of the molecule is C#CCCCC(O)C(C)C1CC1. The Hall–Kier alpha value is -0.480. The number of rotatable bonds is 5. The van der Waals surface area contributed by atoms with Gasteiger partial charge in [0, 0.05) is 6.42 Å². The summed E-state index contributed by atoms with van der Waals surface area (Å²) in [6, 6.07) is 0. The molecule has 0 aromatic carbocycles. The summed E-state index contributed by atoms with van der Waals surface area (Å²) >= 11 is 0. The minimum absolute atomic E-state index is 0.120. The first-order chi connectivity index (χ1) is 5.75. The van der Waals surface area contributed by atoms with Crippen molar-refractivity contribution in [3.05, 3.63) is 0 Å². The van der Waals surface area contributed by atoms with Gasteiger partial charge in [-0.15, -0.1) is 12.3 Å². The molecule has 12 heavy (non-hydrogen) atoms. The smallest absolute Gasteiger partial charge is 0.0568 e. The first-order valence-electron chi connectivity index (χ1n) is 4.87. The molecule has 1 nitrogen and oxygen atoms in total. The predicted octanol–water partition coefficient (Wildman–Crippen LogP) is 2.20. The molecular formula is C11H18O. The van der Waals surface area contributed by atoms with Gasteiger partial charge in [-0.3, -0.25) is 0 Å². The molecule has 0 radical (unpaired) electrons. The predicted molar refractivity (Wildman–Crippen MR) is 50.6 cm³/mol. The van der Waals surface area contributed by atoms with Gasteiger partial charge in [0.25, 0.3) is 0 Å². The maximum atomic E-state index is 9.69. The zero-order chi connectivity index (χ0) is 8.97. The molecule has 0 heterocycles. The molecule has 1 fully saturated rings. The van der Waals surface area contributed by atoms with Crippen molar-refractivity contribution >= 4 is 0 Å². The molecule has 0 aromatic rings. The van der Waals surface area contributed by atoms with Crippen LogP contribution >= 0.6 is 0 Å². The van der Waals surface area contributed by atoms with E-state index in [2.05, 4.69) is 12.8 Å². The third-order valence-electron chi connectivity index (χ3n) is 2.79. The summed E-state index contributed by atoms with van der Waals surface area (Å²) in [6.07, 6.45) is 10.3. The Morgan fingerprint density at radius 3 is 2.75 bits per heavy atom. The zero-order valence-corrected chi connectivity index (χ0v) is 7.79. The van der Waals surface area contributed by atoms with E-state index in [0.29, 0.717) is 5.92 Å². The Balaban J connectivity index is 2.09. The molecule has 68 valence electrons. The molecule has 1 rings (SSSR count). The Morgan fingerprint density at radius 2 is 2.25 bits per heavy atom. The van der Waals surface area contributed by atoms with Crippen LogP contribution in [0.3, 0.4) is 0 Å². The van der Waals surface area contributed by atoms with E-state index in [1.165, 1.54) is 12.8 Å². The third kappa shape index (κ3) is 2.87. The van der Waals surface area contributed by atoms with Crippen LogP contribution in [-0.2, 0) is 0 Å². The molecule has 0 saturated heterocycles. The minimum atomic E-state index is -0.120. The summed E-state index contributed by atoms with van der Waals surface area (Å²) in [4.78, 5) is 0. The highest BCUT2D eigenvalue weighted by Gasteiger charge is 2.31. The van der Waals surface area contributed by atoms with Gasteiger partial charge in [-0.05, 0) is 37.5 Å². The minimum Gasteiger partial charge on any atom is -0.393 e. The molecule has 0 amide bonds. The van der Waals surface area contributed by atoms with Crippen molar-refractivity contribution in [1.29, 1.82) is 0 Å². The number of hydrogen-bond donors (Lipinski definition) is 1. The van der Waals surface area contributed by atoms with Gasteiger partial charge in [0.1, 0.15) is 0 Å². The summed E-state index contributed by atoms with van der Waals surface area (Å²) < 4.78 is 0. The largest absolute Gasteiger partial charge is 0.393 e. The van der Waals surface area contributed by atoms with Crippen LogP contribution in [-0.4, -0.2) is 11.2 Å². The highest BCUT2D eigenvalue weighted by molar-refractivity contribution is 4.86. The van der Waals surface area contributed by atoms with Crippen LogP contribution < -0.4 is 0 Å². The van der Waals surface area contributed by atoms with E-state index in [1.807, 2.05) is 0 Å². The summed E-state index contributed by atoms with van der Waals surface area (Å²) in [5, 5.41) is 9.69. The zero-order valence-electron chi connectivity index (χ0n) is 7.79. The van der Waals surface area contributed by atoms with E-state index in [9.17, 15) is 5.11 Å². The Labute approximate surface area is 75.2 Å². The van der Waals surface area contributed by atoms with E-state index >= 15 is 0 Å². The Morgan fingerprint density at radius 1 is 1.58 bits per heavy atom. The van der Waals surface area contributed by atoms with E-state index in [-0.39, 0.29) is 6.10 Å². The van der Waals surface area contributed by atoms with Gasteiger partial charge in [-0.25, -0.2) is 0 Å². The first-order valence-corrected chi connectivity index (χ1v) is 4.87. The first kappa shape index (κ1) is 9.61. The molecule has 0 aromatic heterocycles. The molecular weight excluding hydrogens is 148 g/mol. The summed E-state index contributed by atoms with van der Waals surface area (Å²) in [5.41, 5.74) is 0. The van der Waals surface area contributed by atoms with E-state index in [4.69, 9.17) is 6.42 Å². The molecule has 0 bridgehead atoms. The standard InChI is InChI=1S/C11H18O/c1-3-4-5-6-11(12)9(2)10-7-8-10/h1,9-12H,4-8H2,2H3. The van der Waals surface area contributed by atoms with Crippen LogP contribution in [0.25, 0.3) is 0 Å². The van der Waals surface area contributed by atoms with Crippen molar-refractivity contribution in [2.45, 2.75) is 45.1 Å². The maximum absolute atomic E-state index is 9.69. The lowest BCUT2D eigenvalue weighted by molar-refractivity contribution is 0.0949. The molecule has 1 aliphatic rings. The second-order valence-electron chi connectivity index (χ2n) is 3.86. The quantitative estimate of drug-likeness (QED) is 0.490. The summed E-state index contributed by atoms with van der Waals surface area (Å²) in [6.45, 7) is 2.15. The second kappa shape index (κ2) is 4.52. The van der Waals surface area contributed by atoms with Crippen LogP contribution in [0.5, 0.6) is 0 Å².